The Morgan fingerprint density at radius 2 is 2.67 bits per heavy atom. The molecule has 4 nitrogen and oxygen atoms in total. The van der Waals surface area contributed by atoms with E-state index >= 15 is 0 Å². The van der Waals surface area contributed by atoms with Crippen molar-refractivity contribution in [2.75, 3.05) is 0 Å². The van der Waals surface area contributed by atoms with Crippen molar-refractivity contribution in [3.63, 3.8) is 0 Å². The van der Waals surface area contributed by atoms with Crippen molar-refractivity contribution in [1.29, 1.82) is 0 Å². The van der Waals surface area contributed by atoms with E-state index in [1.54, 1.807) is 6.20 Å². The molecular weight excluding hydrogens is 116 g/mol. The molecule has 1 aliphatic heterocycles. The van der Waals surface area contributed by atoms with E-state index in [0.29, 0.717) is 0 Å². The van der Waals surface area contributed by atoms with Crippen molar-refractivity contribution < 1.29 is 0 Å². The van der Waals surface area contributed by atoms with Gasteiger partial charge < -0.3 is 5.73 Å². The molecule has 2 N–H and O–H groups in total. The highest BCUT2D eigenvalue weighted by molar-refractivity contribution is 5.04. The number of rotatable bonds is 0. The summed E-state index contributed by atoms with van der Waals surface area (Å²) in [6.45, 7) is 0.927. The van der Waals surface area contributed by atoms with Crippen LogP contribution in [-0.4, -0.2) is 15.0 Å². The monoisotopic (exact) mass is 124 g/mol. The summed E-state index contributed by atoms with van der Waals surface area (Å²) in [5, 5.41) is 7.56. The van der Waals surface area contributed by atoms with Crippen molar-refractivity contribution in [2.45, 2.75) is 19.0 Å². The quantitative estimate of drug-likeness (QED) is 0.515. The summed E-state index contributed by atoms with van der Waals surface area (Å²) >= 11 is 0. The summed E-state index contributed by atoms with van der Waals surface area (Å²) in [6.07, 6.45) is 2.74. The minimum absolute atomic E-state index is 0.167. The first-order chi connectivity index (χ1) is 4.38. The molecule has 1 unspecified atom stereocenters. The van der Waals surface area contributed by atoms with Crippen LogP contribution in [0.5, 0.6) is 0 Å². The minimum Gasteiger partial charge on any atom is -0.323 e. The Labute approximate surface area is 52.7 Å². The molecule has 2 rings (SSSR count). The normalized spacial score (nSPS) is 24.3. The second-order valence-electron chi connectivity index (χ2n) is 2.28. The highest BCUT2D eigenvalue weighted by atomic mass is 15.4. The number of nitrogens with two attached hydrogens (primary N) is 1. The van der Waals surface area contributed by atoms with Gasteiger partial charge in [0, 0.05) is 6.54 Å². The SMILES string of the molecule is NC1CCn2nncc21. The molecule has 0 fully saturated rings. The topological polar surface area (TPSA) is 56.7 Å². The van der Waals surface area contributed by atoms with Crippen LogP contribution in [0.4, 0.5) is 0 Å². The number of hydrogen-bond acceptors (Lipinski definition) is 3. The third kappa shape index (κ3) is 0.564. The first kappa shape index (κ1) is 4.93. The predicted molar refractivity (Wildman–Crippen MR) is 31.6 cm³/mol. The second-order valence-corrected chi connectivity index (χ2v) is 2.28. The van der Waals surface area contributed by atoms with Crippen LogP contribution in [0, 0.1) is 0 Å². The smallest absolute Gasteiger partial charge is 0.0755 e. The molecule has 4 heteroatoms. The molecule has 1 aliphatic rings. The predicted octanol–water partition coefficient (Wildman–Crippen LogP) is -0.318. The van der Waals surface area contributed by atoms with Crippen LogP contribution in [0.3, 0.4) is 0 Å². The third-order valence-corrected chi connectivity index (χ3v) is 1.68. The first-order valence-electron chi connectivity index (χ1n) is 3.02. The summed E-state index contributed by atoms with van der Waals surface area (Å²) in [5.74, 6) is 0. The molecule has 0 spiro atoms. The molecule has 0 aromatic carbocycles. The zero-order chi connectivity index (χ0) is 6.27. The van der Waals surface area contributed by atoms with Gasteiger partial charge in [0.15, 0.2) is 0 Å². The molecule has 1 aromatic heterocycles. The number of aryl methyl sites for hydroxylation is 1. The summed E-state index contributed by atoms with van der Waals surface area (Å²) < 4.78 is 1.85. The Hall–Kier alpha value is -0.900. The molecule has 1 aromatic rings. The van der Waals surface area contributed by atoms with Gasteiger partial charge in [-0.15, -0.1) is 5.10 Å². The molecule has 0 saturated heterocycles. The van der Waals surface area contributed by atoms with Gasteiger partial charge in [0.05, 0.1) is 17.9 Å². The van der Waals surface area contributed by atoms with Crippen molar-refractivity contribution in [2.24, 2.45) is 5.73 Å². The average molecular weight is 124 g/mol. The first-order valence-corrected chi connectivity index (χ1v) is 3.02. The summed E-state index contributed by atoms with van der Waals surface area (Å²) in [6, 6.07) is 0.167. The molecule has 0 amide bonds. The lowest BCUT2D eigenvalue weighted by atomic mass is 10.2. The van der Waals surface area contributed by atoms with Gasteiger partial charge >= 0.3 is 0 Å². The maximum absolute atomic E-state index is 5.69. The fourth-order valence-electron chi connectivity index (χ4n) is 1.14. The Morgan fingerprint density at radius 1 is 1.78 bits per heavy atom. The van der Waals surface area contributed by atoms with E-state index in [-0.39, 0.29) is 6.04 Å². The van der Waals surface area contributed by atoms with Crippen LogP contribution in [0.2, 0.25) is 0 Å². The van der Waals surface area contributed by atoms with E-state index in [0.717, 1.165) is 18.7 Å². The molecule has 48 valence electrons. The van der Waals surface area contributed by atoms with Gasteiger partial charge in [0.1, 0.15) is 0 Å². The lowest BCUT2D eigenvalue weighted by molar-refractivity contribution is 0.609. The molecule has 9 heavy (non-hydrogen) atoms. The highest BCUT2D eigenvalue weighted by Crippen LogP contribution is 2.19. The van der Waals surface area contributed by atoms with Crippen molar-refractivity contribution >= 4 is 0 Å². The zero-order valence-corrected chi connectivity index (χ0v) is 4.99. The Balaban J connectivity index is 2.49. The molecule has 0 aliphatic carbocycles. The van der Waals surface area contributed by atoms with Gasteiger partial charge in [-0.25, -0.2) is 4.68 Å². The summed E-state index contributed by atoms with van der Waals surface area (Å²) in [7, 11) is 0. The van der Waals surface area contributed by atoms with Crippen LogP contribution in [0.25, 0.3) is 0 Å². The summed E-state index contributed by atoms with van der Waals surface area (Å²) in [4.78, 5) is 0. The Morgan fingerprint density at radius 3 is 3.44 bits per heavy atom. The van der Waals surface area contributed by atoms with E-state index in [1.807, 2.05) is 4.68 Å². The lowest BCUT2D eigenvalue weighted by Gasteiger charge is -1.94. The number of hydrogen-bond donors (Lipinski definition) is 1. The van der Waals surface area contributed by atoms with Gasteiger partial charge in [-0.05, 0) is 6.42 Å². The average Bonchev–Trinajstić information content (AvgIpc) is 2.35. The Bertz CT molecular complexity index is 216. The van der Waals surface area contributed by atoms with Crippen LogP contribution in [-0.2, 0) is 6.54 Å². The van der Waals surface area contributed by atoms with Gasteiger partial charge in [0.2, 0.25) is 0 Å². The number of aromatic nitrogens is 3. The maximum atomic E-state index is 5.69. The third-order valence-electron chi connectivity index (χ3n) is 1.68. The largest absolute Gasteiger partial charge is 0.323 e. The van der Waals surface area contributed by atoms with E-state index in [1.165, 1.54) is 0 Å². The second kappa shape index (κ2) is 1.54. The van der Waals surface area contributed by atoms with Crippen molar-refractivity contribution in [3.05, 3.63) is 11.9 Å². The maximum Gasteiger partial charge on any atom is 0.0755 e. The van der Waals surface area contributed by atoms with E-state index in [2.05, 4.69) is 10.3 Å². The van der Waals surface area contributed by atoms with Crippen LogP contribution in [0.1, 0.15) is 18.2 Å². The van der Waals surface area contributed by atoms with Crippen LogP contribution < -0.4 is 5.73 Å². The van der Waals surface area contributed by atoms with Crippen LogP contribution in [0.15, 0.2) is 6.20 Å². The lowest BCUT2D eigenvalue weighted by Crippen LogP contribution is -2.04. The molecule has 0 bridgehead atoms. The molecule has 1 atom stereocenters. The minimum atomic E-state index is 0.167. The molecular formula is C5H8N4. The standard InChI is InChI=1S/C5H8N4/c6-4-1-2-9-5(4)3-7-8-9/h3-4H,1-2,6H2. The fourth-order valence-corrected chi connectivity index (χ4v) is 1.14. The molecule has 0 saturated carbocycles. The van der Waals surface area contributed by atoms with Gasteiger partial charge in [-0.2, -0.15) is 0 Å². The van der Waals surface area contributed by atoms with Crippen molar-refractivity contribution in [3.8, 4) is 0 Å². The summed E-state index contributed by atoms with van der Waals surface area (Å²) in [5.41, 5.74) is 6.75. The fraction of sp³-hybridized carbons (Fsp3) is 0.600. The zero-order valence-electron chi connectivity index (χ0n) is 4.99. The van der Waals surface area contributed by atoms with Crippen molar-refractivity contribution in [1.82, 2.24) is 15.0 Å². The molecule has 2 heterocycles. The highest BCUT2D eigenvalue weighted by Gasteiger charge is 2.19. The molecule has 0 radical (unpaired) electrons. The van der Waals surface area contributed by atoms with E-state index in [4.69, 9.17) is 5.73 Å². The Kier molecular flexibility index (Phi) is 0.843. The van der Waals surface area contributed by atoms with Gasteiger partial charge in [-0.3, -0.25) is 0 Å². The van der Waals surface area contributed by atoms with Gasteiger partial charge in [-0.1, -0.05) is 5.21 Å². The number of nitrogens with zero attached hydrogens (tertiary/aromatic N) is 3. The van der Waals surface area contributed by atoms with Crippen LogP contribution >= 0.6 is 0 Å². The van der Waals surface area contributed by atoms with E-state index < -0.39 is 0 Å². The number of fused-ring (bicyclic) bond motifs is 1. The van der Waals surface area contributed by atoms with E-state index in [9.17, 15) is 0 Å². The van der Waals surface area contributed by atoms with Gasteiger partial charge in [0.25, 0.3) is 0 Å².